The lowest BCUT2D eigenvalue weighted by atomic mass is 10.1. The maximum atomic E-state index is 11.8. The first-order chi connectivity index (χ1) is 8.50. The fraction of sp³-hybridized carbons (Fsp3) is 0.250. The van der Waals surface area contributed by atoms with Crippen LogP contribution in [0.2, 0.25) is 0 Å². The molecule has 1 aromatic carbocycles. The van der Waals surface area contributed by atoms with Crippen LogP contribution < -0.4 is 5.73 Å². The van der Waals surface area contributed by atoms with Crippen molar-refractivity contribution in [1.82, 2.24) is 9.80 Å². The first-order valence-electron chi connectivity index (χ1n) is 5.44. The maximum Gasteiger partial charge on any atom is 0.327 e. The van der Waals surface area contributed by atoms with Crippen LogP contribution in [0.5, 0.6) is 0 Å². The van der Waals surface area contributed by atoms with Crippen molar-refractivity contribution in [3.8, 4) is 0 Å². The van der Waals surface area contributed by atoms with Gasteiger partial charge < -0.3 is 10.6 Å². The van der Waals surface area contributed by atoms with E-state index in [4.69, 9.17) is 18.0 Å². The molecule has 1 saturated heterocycles. The van der Waals surface area contributed by atoms with Crippen molar-refractivity contribution in [2.45, 2.75) is 6.54 Å². The summed E-state index contributed by atoms with van der Waals surface area (Å²) in [5.41, 5.74) is 7.09. The summed E-state index contributed by atoms with van der Waals surface area (Å²) < 4.78 is 0. The third kappa shape index (κ3) is 2.19. The van der Waals surface area contributed by atoms with Crippen LogP contribution in [0.4, 0.5) is 4.79 Å². The molecule has 0 saturated carbocycles. The Hall–Kier alpha value is -1.95. The van der Waals surface area contributed by atoms with E-state index < -0.39 is 0 Å². The third-order valence-corrected chi connectivity index (χ3v) is 3.06. The van der Waals surface area contributed by atoms with Gasteiger partial charge in [-0.1, -0.05) is 36.5 Å². The van der Waals surface area contributed by atoms with Crippen LogP contribution in [0.3, 0.4) is 0 Å². The number of carbonyl (C=O) groups is 2. The number of carbonyl (C=O) groups excluding carboxylic acids is 2. The van der Waals surface area contributed by atoms with Crippen LogP contribution in [0.25, 0.3) is 0 Å². The number of nitrogens with zero attached hydrogens (tertiary/aromatic N) is 2. The van der Waals surface area contributed by atoms with E-state index in [1.807, 2.05) is 18.2 Å². The average Bonchev–Trinajstić information content (AvgIpc) is 2.56. The molecule has 1 fully saturated rings. The Morgan fingerprint density at radius 2 is 2.06 bits per heavy atom. The molecule has 94 valence electrons. The van der Waals surface area contributed by atoms with E-state index in [2.05, 4.69) is 0 Å². The van der Waals surface area contributed by atoms with Gasteiger partial charge in [-0.2, -0.15) is 0 Å². The molecule has 0 spiro atoms. The Morgan fingerprint density at radius 3 is 2.61 bits per heavy atom. The smallest absolute Gasteiger partial charge is 0.327 e. The molecular formula is C12H13N3O2S. The zero-order valence-corrected chi connectivity index (χ0v) is 10.7. The van der Waals surface area contributed by atoms with Crippen LogP contribution >= 0.6 is 12.2 Å². The summed E-state index contributed by atoms with van der Waals surface area (Å²) in [5.74, 6) is -0.208. The first kappa shape index (κ1) is 12.5. The second-order valence-electron chi connectivity index (χ2n) is 4.14. The summed E-state index contributed by atoms with van der Waals surface area (Å²) in [6, 6.07) is 6.95. The van der Waals surface area contributed by atoms with Gasteiger partial charge in [0.25, 0.3) is 5.91 Å². The van der Waals surface area contributed by atoms with Gasteiger partial charge in [-0.15, -0.1) is 0 Å². The van der Waals surface area contributed by atoms with Gasteiger partial charge in [0.2, 0.25) is 0 Å². The number of hydrogen-bond donors (Lipinski definition) is 1. The summed E-state index contributed by atoms with van der Waals surface area (Å²) in [7, 11) is 1.60. The van der Waals surface area contributed by atoms with Gasteiger partial charge >= 0.3 is 6.03 Å². The van der Waals surface area contributed by atoms with Crippen LogP contribution in [-0.2, 0) is 11.3 Å². The molecule has 6 heteroatoms. The molecule has 0 aliphatic carbocycles. The number of rotatable bonds is 3. The number of urea groups is 1. The highest BCUT2D eigenvalue weighted by atomic mass is 32.1. The number of likely N-dealkylation sites (N-methyl/N-ethyl adjacent to an activating group) is 1. The summed E-state index contributed by atoms with van der Waals surface area (Å²) in [6.45, 7) is 0.323. The number of nitrogens with two attached hydrogens (primary N) is 1. The fourth-order valence-electron chi connectivity index (χ4n) is 1.89. The Morgan fingerprint density at radius 1 is 1.39 bits per heavy atom. The molecule has 1 aromatic rings. The van der Waals surface area contributed by atoms with Crippen LogP contribution in [-0.4, -0.2) is 40.3 Å². The second-order valence-corrected chi connectivity index (χ2v) is 4.58. The Balaban J connectivity index is 2.27. The van der Waals surface area contributed by atoms with Crippen molar-refractivity contribution >= 4 is 29.1 Å². The highest BCUT2D eigenvalue weighted by Crippen LogP contribution is 2.16. The molecule has 0 unspecified atom stereocenters. The molecule has 0 aromatic heterocycles. The molecule has 3 amide bonds. The Bertz CT molecular complexity index is 530. The van der Waals surface area contributed by atoms with E-state index in [9.17, 15) is 9.59 Å². The SMILES string of the molecule is CN1CC(=O)N(Cc2ccccc2C(N)=S)C1=O. The number of amides is 3. The molecule has 5 nitrogen and oxygen atoms in total. The number of imide groups is 1. The molecule has 1 aliphatic rings. The lowest BCUT2D eigenvalue weighted by molar-refractivity contribution is -0.125. The van der Waals surface area contributed by atoms with Gasteiger partial charge in [-0.05, 0) is 5.56 Å². The van der Waals surface area contributed by atoms with Gasteiger partial charge in [0.15, 0.2) is 0 Å². The minimum atomic E-state index is -0.294. The van der Waals surface area contributed by atoms with Crippen molar-refractivity contribution in [1.29, 1.82) is 0 Å². The summed E-state index contributed by atoms with van der Waals surface area (Å²) in [6.07, 6.45) is 0. The predicted octanol–water partition coefficient (Wildman–Crippen LogP) is 0.715. The van der Waals surface area contributed by atoms with E-state index in [0.717, 1.165) is 5.56 Å². The molecule has 1 heterocycles. The number of benzene rings is 1. The minimum absolute atomic E-state index is 0.119. The van der Waals surface area contributed by atoms with Gasteiger partial charge in [0.1, 0.15) is 11.5 Å². The van der Waals surface area contributed by atoms with Gasteiger partial charge in [0.05, 0.1) is 6.54 Å². The van der Waals surface area contributed by atoms with Gasteiger partial charge in [-0.25, -0.2) is 4.79 Å². The van der Waals surface area contributed by atoms with Crippen molar-refractivity contribution < 1.29 is 9.59 Å². The van der Waals surface area contributed by atoms with Crippen LogP contribution in [0.15, 0.2) is 24.3 Å². The van der Waals surface area contributed by atoms with E-state index in [1.54, 1.807) is 13.1 Å². The normalized spacial score (nSPS) is 15.4. The molecule has 0 bridgehead atoms. The van der Waals surface area contributed by atoms with Crippen molar-refractivity contribution in [2.75, 3.05) is 13.6 Å². The Labute approximate surface area is 110 Å². The largest absolute Gasteiger partial charge is 0.389 e. The molecule has 0 atom stereocenters. The van der Waals surface area contributed by atoms with E-state index in [0.29, 0.717) is 5.56 Å². The third-order valence-electron chi connectivity index (χ3n) is 2.84. The molecular weight excluding hydrogens is 250 g/mol. The van der Waals surface area contributed by atoms with E-state index in [-0.39, 0.29) is 30.0 Å². The molecule has 18 heavy (non-hydrogen) atoms. The summed E-state index contributed by atoms with van der Waals surface area (Å²) in [4.78, 5) is 26.3. The van der Waals surface area contributed by atoms with Crippen molar-refractivity contribution in [2.24, 2.45) is 5.73 Å². The van der Waals surface area contributed by atoms with Gasteiger partial charge in [-0.3, -0.25) is 9.69 Å². The zero-order valence-electron chi connectivity index (χ0n) is 9.92. The average molecular weight is 263 g/mol. The highest BCUT2D eigenvalue weighted by molar-refractivity contribution is 7.80. The minimum Gasteiger partial charge on any atom is -0.389 e. The molecule has 0 radical (unpaired) electrons. The lowest BCUT2D eigenvalue weighted by Gasteiger charge is -2.16. The van der Waals surface area contributed by atoms with Crippen LogP contribution in [0, 0.1) is 0 Å². The summed E-state index contributed by atoms with van der Waals surface area (Å²) >= 11 is 4.95. The second kappa shape index (κ2) is 4.73. The monoisotopic (exact) mass is 263 g/mol. The van der Waals surface area contributed by atoms with Gasteiger partial charge in [0, 0.05) is 12.6 Å². The lowest BCUT2D eigenvalue weighted by Crippen LogP contribution is -2.31. The topological polar surface area (TPSA) is 66.6 Å². The predicted molar refractivity (Wildman–Crippen MR) is 70.9 cm³/mol. The molecule has 1 aliphatic heterocycles. The van der Waals surface area contributed by atoms with Crippen molar-refractivity contribution in [3.05, 3.63) is 35.4 Å². The molecule has 2 N–H and O–H groups in total. The quantitative estimate of drug-likeness (QED) is 0.644. The highest BCUT2D eigenvalue weighted by Gasteiger charge is 2.33. The number of thiocarbonyl (C=S) groups is 1. The fourth-order valence-corrected chi connectivity index (χ4v) is 2.09. The number of hydrogen-bond acceptors (Lipinski definition) is 3. The van der Waals surface area contributed by atoms with Crippen LogP contribution in [0.1, 0.15) is 11.1 Å². The van der Waals surface area contributed by atoms with E-state index >= 15 is 0 Å². The zero-order chi connectivity index (χ0) is 13.3. The molecule has 2 rings (SSSR count). The standard InChI is InChI=1S/C12H13N3O2S/c1-14-7-10(16)15(12(14)17)6-8-4-2-3-5-9(8)11(13)18/h2-5H,6-7H2,1H3,(H2,13,18). The van der Waals surface area contributed by atoms with Crippen molar-refractivity contribution in [3.63, 3.8) is 0 Å². The first-order valence-corrected chi connectivity index (χ1v) is 5.84. The maximum absolute atomic E-state index is 11.8. The van der Waals surface area contributed by atoms with E-state index in [1.165, 1.54) is 9.80 Å². The Kier molecular flexibility index (Phi) is 3.29. The summed E-state index contributed by atoms with van der Waals surface area (Å²) in [5, 5.41) is 0.